The van der Waals surface area contributed by atoms with Crippen LogP contribution < -0.4 is 10.1 Å². The highest BCUT2D eigenvalue weighted by molar-refractivity contribution is 7.10. The largest absolute Gasteiger partial charge is 0.491 e. The van der Waals surface area contributed by atoms with Crippen LogP contribution in [0.3, 0.4) is 0 Å². The molecule has 0 spiro atoms. The third-order valence-electron chi connectivity index (χ3n) is 5.27. The predicted molar refractivity (Wildman–Crippen MR) is 109 cm³/mol. The van der Waals surface area contributed by atoms with Gasteiger partial charge in [-0.25, -0.2) is 0 Å². The van der Waals surface area contributed by atoms with Gasteiger partial charge in [-0.3, -0.25) is 0 Å². The van der Waals surface area contributed by atoms with Crippen LogP contribution >= 0.6 is 11.3 Å². The van der Waals surface area contributed by atoms with E-state index in [1.54, 1.807) is 0 Å². The fraction of sp³-hybridized carbons (Fsp3) is 0.545. The Morgan fingerprint density at radius 1 is 1.15 bits per heavy atom. The normalized spacial score (nSPS) is 17.5. The van der Waals surface area contributed by atoms with Gasteiger partial charge >= 0.3 is 0 Å². The summed E-state index contributed by atoms with van der Waals surface area (Å²) in [6.45, 7) is 5.20. The first-order chi connectivity index (χ1) is 12.6. The molecule has 1 heterocycles. The lowest BCUT2D eigenvalue weighted by Gasteiger charge is -2.25. The highest BCUT2D eigenvalue weighted by Crippen LogP contribution is 2.37. The van der Waals surface area contributed by atoms with Gasteiger partial charge in [-0.05, 0) is 47.8 Å². The Morgan fingerprint density at radius 2 is 1.92 bits per heavy atom. The smallest absolute Gasteiger partial charge is 0.122 e. The average molecular weight is 374 g/mol. The number of thiophene rings is 1. The summed E-state index contributed by atoms with van der Waals surface area (Å²) < 4.78 is 5.92. The topological polar surface area (TPSA) is 41.5 Å². The van der Waals surface area contributed by atoms with Crippen molar-refractivity contribution in [2.24, 2.45) is 5.92 Å². The van der Waals surface area contributed by atoms with Crippen molar-refractivity contribution in [1.82, 2.24) is 5.32 Å². The molecule has 0 aliphatic heterocycles. The van der Waals surface area contributed by atoms with Crippen LogP contribution in [-0.2, 0) is 0 Å². The van der Waals surface area contributed by atoms with Gasteiger partial charge in [0.25, 0.3) is 0 Å². The Hall–Kier alpha value is -1.36. The molecular weight excluding hydrogens is 342 g/mol. The SMILES string of the molecule is CC(C)c1ccccc1OCC(O)CNC(c1cccs1)C1CCCC1. The zero-order chi connectivity index (χ0) is 18.4. The number of para-hydroxylation sites is 1. The number of nitrogens with one attached hydrogen (secondary N) is 1. The zero-order valence-electron chi connectivity index (χ0n) is 15.9. The molecule has 2 atom stereocenters. The van der Waals surface area contributed by atoms with Crippen LogP contribution in [0.15, 0.2) is 41.8 Å². The van der Waals surface area contributed by atoms with Gasteiger partial charge in [0.05, 0.1) is 0 Å². The van der Waals surface area contributed by atoms with Crippen LogP contribution in [0.25, 0.3) is 0 Å². The second-order valence-corrected chi connectivity index (χ2v) is 8.58. The second kappa shape index (κ2) is 9.54. The summed E-state index contributed by atoms with van der Waals surface area (Å²) in [5.74, 6) is 1.97. The van der Waals surface area contributed by atoms with Gasteiger partial charge in [-0.2, -0.15) is 0 Å². The molecule has 3 rings (SSSR count). The third kappa shape index (κ3) is 5.09. The van der Waals surface area contributed by atoms with Crippen LogP contribution in [0.1, 0.15) is 61.9 Å². The summed E-state index contributed by atoms with van der Waals surface area (Å²) in [5.41, 5.74) is 1.19. The molecule has 1 aromatic carbocycles. The van der Waals surface area contributed by atoms with Crippen molar-refractivity contribution in [2.45, 2.75) is 57.6 Å². The Bertz CT molecular complexity index is 650. The molecule has 0 amide bonds. The number of hydrogen-bond donors (Lipinski definition) is 2. The van der Waals surface area contributed by atoms with E-state index in [0.717, 1.165) is 5.75 Å². The zero-order valence-corrected chi connectivity index (χ0v) is 16.7. The van der Waals surface area contributed by atoms with E-state index in [4.69, 9.17) is 4.74 Å². The maximum atomic E-state index is 10.4. The van der Waals surface area contributed by atoms with Crippen molar-refractivity contribution in [2.75, 3.05) is 13.2 Å². The number of aliphatic hydroxyl groups excluding tert-OH is 1. The van der Waals surface area contributed by atoms with E-state index < -0.39 is 6.10 Å². The van der Waals surface area contributed by atoms with Crippen molar-refractivity contribution < 1.29 is 9.84 Å². The first-order valence-corrected chi connectivity index (χ1v) is 10.7. The molecule has 26 heavy (non-hydrogen) atoms. The minimum absolute atomic E-state index is 0.318. The van der Waals surface area contributed by atoms with Gasteiger partial charge in [0, 0.05) is 17.5 Å². The molecular formula is C22H31NO2S. The lowest BCUT2D eigenvalue weighted by atomic mass is 9.96. The Labute approximate surface area is 161 Å². The van der Waals surface area contributed by atoms with E-state index in [9.17, 15) is 5.11 Å². The molecule has 3 nitrogen and oxygen atoms in total. The number of aliphatic hydroxyl groups is 1. The van der Waals surface area contributed by atoms with E-state index in [0.29, 0.717) is 31.0 Å². The van der Waals surface area contributed by atoms with Gasteiger partial charge in [-0.1, -0.05) is 51.0 Å². The van der Waals surface area contributed by atoms with Crippen LogP contribution in [-0.4, -0.2) is 24.4 Å². The molecule has 1 aromatic heterocycles. The third-order valence-corrected chi connectivity index (χ3v) is 6.22. The number of rotatable bonds is 9. The fourth-order valence-electron chi connectivity index (χ4n) is 3.86. The molecule has 142 valence electrons. The summed E-state index contributed by atoms with van der Waals surface area (Å²) >= 11 is 1.81. The summed E-state index contributed by atoms with van der Waals surface area (Å²) in [6.07, 6.45) is 4.70. The number of ether oxygens (including phenoxy) is 1. The molecule has 1 aliphatic rings. The van der Waals surface area contributed by atoms with Gasteiger partial charge in [0.2, 0.25) is 0 Å². The summed E-state index contributed by atoms with van der Waals surface area (Å²) in [6, 6.07) is 12.8. The van der Waals surface area contributed by atoms with Gasteiger partial charge in [0.1, 0.15) is 18.5 Å². The minimum atomic E-state index is -0.515. The molecule has 4 heteroatoms. The second-order valence-electron chi connectivity index (χ2n) is 7.60. The van der Waals surface area contributed by atoms with Gasteiger partial charge < -0.3 is 15.2 Å². The van der Waals surface area contributed by atoms with E-state index in [1.807, 2.05) is 29.5 Å². The Kier molecular flexibility index (Phi) is 7.12. The molecule has 0 radical (unpaired) electrons. The van der Waals surface area contributed by atoms with Crippen molar-refractivity contribution in [3.05, 3.63) is 52.2 Å². The summed E-state index contributed by atoms with van der Waals surface area (Å²) in [5, 5.41) is 16.2. The van der Waals surface area contributed by atoms with E-state index in [2.05, 4.69) is 42.7 Å². The average Bonchev–Trinajstić information content (AvgIpc) is 3.35. The van der Waals surface area contributed by atoms with Crippen LogP contribution in [0, 0.1) is 5.92 Å². The van der Waals surface area contributed by atoms with Crippen molar-refractivity contribution in [1.29, 1.82) is 0 Å². The lowest BCUT2D eigenvalue weighted by Crippen LogP contribution is -2.36. The minimum Gasteiger partial charge on any atom is -0.491 e. The van der Waals surface area contributed by atoms with Crippen molar-refractivity contribution >= 4 is 11.3 Å². The standard InChI is InChI=1S/C22H31NO2S/c1-16(2)19-10-5-6-11-20(19)25-15-18(24)14-23-22(17-8-3-4-9-17)21-12-7-13-26-21/h5-7,10-13,16-18,22-24H,3-4,8-9,14-15H2,1-2H3. The summed E-state index contributed by atoms with van der Waals surface area (Å²) in [7, 11) is 0. The highest BCUT2D eigenvalue weighted by atomic mass is 32.1. The quantitative estimate of drug-likeness (QED) is 0.640. The molecule has 2 N–H and O–H groups in total. The fourth-order valence-corrected chi connectivity index (χ4v) is 4.75. The Balaban J connectivity index is 1.53. The first kappa shape index (κ1) is 19.4. The Morgan fingerprint density at radius 3 is 2.62 bits per heavy atom. The first-order valence-electron chi connectivity index (χ1n) is 9.81. The van der Waals surface area contributed by atoms with Crippen molar-refractivity contribution in [3.63, 3.8) is 0 Å². The predicted octanol–water partition coefficient (Wildman–Crippen LogP) is 5.13. The molecule has 2 aromatic rings. The van der Waals surface area contributed by atoms with Crippen molar-refractivity contribution in [3.8, 4) is 5.75 Å². The molecule has 0 bridgehead atoms. The maximum absolute atomic E-state index is 10.4. The van der Waals surface area contributed by atoms with Gasteiger partial charge in [-0.15, -0.1) is 11.3 Å². The monoisotopic (exact) mass is 373 g/mol. The molecule has 0 saturated heterocycles. The molecule has 1 aliphatic carbocycles. The molecule has 1 saturated carbocycles. The lowest BCUT2D eigenvalue weighted by molar-refractivity contribution is 0.100. The number of benzene rings is 1. The van der Waals surface area contributed by atoms with Crippen LogP contribution in [0.2, 0.25) is 0 Å². The summed E-state index contributed by atoms with van der Waals surface area (Å²) in [4.78, 5) is 1.38. The van der Waals surface area contributed by atoms with Crippen LogP contribution in [0.4, 0.5) is 0 Å². The number of hydrogen-bond acceptors (Lipinski definition) is 4. The van der Waals surface area contributed by atoms with Gasteiger partial charge in [0.15, 0.2) is 0 Å². The van der Waals surface area contributed by atoms with E-state index in [1.165, 1.54) is 36.1 Å². The maximum Gasteiger partial charge on any atom is 0.122 e. The van der Waals surface area contributed by atoms with Crippen LogP contribution in [0.5, 0.6) is 5.75 Å². The molecule has 1 fully saturated rings. The highest BCUT2D eigenvalue weighted by Gasteiger charge is 2.27. The van der Waals surface area contributed by atoms with E-state index in [-0.39, 0.29) is 0 Å². The molecule has 2 unspecified atom stereocenters. The van der Waals surface area contributed by atoms with E-state index >= 15 is 0 Å².